The minimum absolute atomic E-state index is 0.00720. The number of hydrogen-bond acceptors (Lipinski definition) is 4. The Morgan fingerprint density at radius 1 is 1.40 bits per heavy atom. The summed E-state index contributed by atoms with van der Waals surface area (Å²) in [4.78, 5) is 21.6. The van der Waals surface area contributed by atoms with Crippen LogP contribution in [0.3, 0.4) is 0 Å². The van der Waals surface area contributed by atoms with E-state index in [0.29, 0.717) is 0 Å². The smallest absolute Gasteiger partial charge is 0.332 e. The van der Waals surface area contributed by atoms with Crippen molar-refractivity contribution in [2.45, 2.75) is 32.4 Å². The van der Waals surface area contributed by atoms with Crippen LogP contribution in [0.2, 0.25) is 0 Å². The van der Waals surface area contributed by atoms with Gasteiger partial charge < -0.3 is 21.3 Å². The molecule has 0 aliphatic rings. The molecule has 0 saturated heterocycles. The summed E-state index contributed by atoms with van der Waals surface area (Å²) in [5.74, 6) is -1.85. The second kappa shape index (κ2) is 6.36. The summed E-state index contributed by atoms with van der Waals surface area (Å²) in [6.45, 7) is 3.54. The van der Waals surface area contributed by atoms with Crippen LogP contribution in [0.1, 0.15) is 20.3 Å². The van der Waals surface area contributed by atoms with Gasteiger partial charge in [0.15, 0.2) is 6.10 Å². The Morgan fingerprint density at radius 3 is 2.33 bits per heavy atom. The highest BCUT2D eigenvalue weighted by Crippen LogP contribution is 1.99. The molecule has 88 valence electrons. The third-order valence-electron chi connectivity index (χ3n) is 2.20. The molecule has 0 bridgehead atoms. The molecule has 0 aliphatic carbocycles. The number of rotatable bonds is 6. The van der Waals surface area contributed by atoms with Crippen LogP contribution in [0.15, 0.2) is 0 Å². The summed E-state index contributed by atoms with van der Waals surface area (Å²) in [5.41, 5.74) is 5.51. The summed E-state index contributed by atoms with van der Waals surface area (Å²) in [6, 6.07) is -0.255. The fourth-order valence-electron chi connectivity index (χ4n) is 0.855. The second-order valence-electron chi connectivity index (χ2n) is 3.58. The molecule has 2 unspecified atom stereocenters. The first-order chi connectivity index (χ1) is 6.86. The number of aliphatic hydroxyl groups is 1. The maximum absolute atomic E-state index is 11.3. The van der Waals surface area contributed by atoms with Gasteiger partial charge in [-0.15, -0.1) is 0 Å². The van der Waals surface area contributed by atoms with Crippen molar-refractivity contribution >= 4 is 11.9 Å². The van der Waals surface area contributed by atoms with E-state index in [0.717, 1.165) is 0 Å². The number of aliphatic carboxylic acids is 1. The van der Waals surface area contributed by atoms with Crippen molar-refractivity contribution in [1.82, 2.24) is 5.32 Å². The van der Waals surface area contributed by atoms with E-state index in [9.17, 15) is 9.59 Å². The lowest BCUT2D eigenvalue weighted by Gasteiger charge is -2.15. The van der Waals surface area contributed by atoms with Crippen LogP contribution in [0.5, 0.6) is 0 Å². The van der Waals surface area contributed by atoms with E-state index in [4.69, 9.17) is 15.9 Å². The van der Waals surface area contributed by atoms with Gasteiger partial charge in [-0.3, -0.25) is 4.79 Å². The van der Waals surface area contributed by atoms with E-state index in [-0.39, 0.29) is 30.8 Å². The molecule has 1 amide bonds. The number of nitrogens with two attached hydrogens (primary N) is 1. The summed E-state index contributed by atoms with van der Waals surface area (Å²) < 4.78 is 0. The largest absolute Gasteiger partial charge is 0.479 e. The van der Waals surface area contributed by atoms with E-state index >= 15 is 0 Å². The van der Waals surface area contributed by atoms with Crippen molar-refractivity contribution in [3.63, 3.8) is 0 Å². The van der Waals surface area contributed by atoms with E-state index in [1.165, 1.54) is 0 Å². The number of carboxylic acids is 1. The molecule has 0 rings (SSSR count). The summed E-state index contributed by atoms with van der Waals surface area (Å²) in [7, 11) is 0. The number of carbonyl (C=O) groups is 2. The second-order valence-corrected chi connectivity index (χ2v) is 3.58. The number of carboxylic acid groups (broad SMARTS) is 1. The van der Waals surface area contributed by atoms with Gasteiger partial charge in [-0.25, -0.2) is 4.79 Å². The molecule has 0 aliphatic heterocycles. The topological polar surface area (TPSA) is 113 Å². The van der Waals surface area contributed by atoms with Crippen molar-refractivity contribution in [3.8, 4) is 0 Å². The van der Waals surface area contributed by atoms with Gasteiger partial charge in [0.2, 0.25) is 5.91 Å². The molecule has 0 radical (unpaired) electrons. The molecule has 3 atom stereocenters. The SMILES string of the molecule is CC(N)C(C)C(=O)NCC[C@H](O)C(=O)O. The summed E-state index contributed by atoms with van der Waals surface area (Å²) in [5, 5.41) is 19.8. The molecule has 0 saturated carbocycles. The number of nitrogens with one attached hydrogen (secondary N) is 1. The van der Waals surface area contributed by atoms with Crippen LogP contribution in [0.4, 0.5) is 0 Å². The Hall–Kier alpha value is -1.14. The normalized spacial score (nSPS) is 16.5. The lowest BCUT2D eigenvalue weighted by Crippen LogP contribution is -2.40. The Labute approximate surface area is 88.5 Å². The molecular formula is C9H18N2O4. The predicted molar refractivity (Wildman–Crippen MR) is 54.1 cm³/mol. The molecule has 0 fully saturated rings. The Kier molecular flexibility index (Phi) is 5.88. The van der Waals surface area contributed by atoms with Crippen molar-refractivity contribution in [2.24, 2.45) is 11.7 Å². The zero-order valence-electron chi connectivity index (χ0n) is 8.93. The fraction of sp³-hybridized carbons (Fsp3) is 0.778. The fourth-order valence-corrected chi connectivity index (χ4v) is 0.855. The van der Waals surface area contributed by atoms with Crippen molar-refractivity contribution < 1.29 is 19.8 Å². The molecule has 15 heavy (non-hydrogen) atoms. The quantitative estimate of drug-likeness (QED) is 0.453. The average molecular weight is 218 g/mol. The van der Waals surface area contributed by atoms with Crippen molar-refractivity contribution in [2.75, 3.05) is 6.54 Å². The highest BCUT2D eigenvalue weighted by molar-refractivity contribution is 5.79. The number of amides is 1. The first kappa shape index (κ1) is 13.9. The minimum Gasteiger partial charge on any atom is -0.479 e. The van der Waals surface area contributed by atoms with E-state index < -0.39 is 12.1 Å². The lowest BCUT2D eigenvalue weighted by atomic mass is 10.0. The van der Waals surface area contributed by atoms with E-state index in [2.05, 4.69) is 5.32 Å². The Bertz CT molecular complexity index is 230. The van der Waals surface area contributed by atoms with Crippen LogP contribution in [-0.2, 0) is 9.59 Å². The Balaban J connectivity index is 3.78. The number of aliphatic hydroxyl groups excluding tert-OH is 1. The average Bonchev–Trinajstić information content (AvgIpc) is 2.15. The molecule has 0 heterocycles. The molecule has 6 heteroatoms. The standard InChI is InChI=1S/C9H18N2O4/c1-5(6(2)10)8(13)11-4-3-7(12)9(14)15/h5-7,12H,3-4,10H2,1-2H3,(H,11,13)(H,14,15)/t5?,6?,7-/m0/s1. The van der Waals surface area contributed by atoms with Gasteiger partial charge in [-0.1, -0.05) is 6.92 Å². The number of hydrogen-bond donors (Lipinski definition) is 4. The van der Waals surface area contributed by atoms with Crippen molar-refractivity contribution in [1.29, 1.82) is 0 Å². The van der Waals surface area contributed by atoms with Crippen LogP contribution in [0, 0.1) is 5.92 Å². The molecular weight excluding hydrogens is 200 g/mol. The number of carbonyl (C=O) groups excluding carboxylic acids is 1. The third-order valence-corrected chi connectivity index (χ3v) is 2.20. The van der Waals surface area contributed by atoms with Gasteiger partial charge in [0.1, 0.15) is 0 Å². The van der Waals surface area contributed by atoms with Crippen LogP contribution < -0.4 is 11.1 Å². The summed E-state index contributed by atoms with van der Waals surface area (Å²) in [6.07, 6.45) is -1.44. The lowest BCUT2D eigenvalue weighted by molar-refractivity contribution is -0.147. The summed E-state index contributed by atoms with van der Waals surface area (Å²) >= 11 is 0. The van der Waals surface area contributed by atoms with Gasteiger partial charge in [-0.05, 0) is 6.92 Å². The van der Waals surface area contributed by atoms with Gasteiger partial charge in [0.25, 0.3) is 0 Å². The van der Waals surface area contributed by atoms with Crippen LogP contribution >= 0.6 is 0 Å². The zero-order valence-corrected chi connectivity index (χ0v) is 8.93. The molecule has 0 aromatic rings. The molecule has 6 nitrogen and oxygen atoms in total. The highest BCUT2D eigenvalue weighted by atomic mass is 16.4. The molecule has 0 spiro atoms. The van der Waals surface area contributed by atoms with Gasteiger partial charge in [0, 0.05) is 24.9 Å². The van der Waals surface area contributed by atoms with Crippen LogP contribution in [-0.4, -0.2) is 40.8 Å². The highest BCUT2D eigenvalue weighted by Gasteiger charge is 2.18. The van der Waals surface area contributed by atoms with Gasteiger partial charge in [0.05, 0.1) is 0 Å². The van der Waals surface area contributed by atoms with Crippen LogP contribution in [0.25, 0.3) is 0 Å². The minimum atomic E-state index is -1.43. The molecule has 0 aromatic carbocycles. The van der Waals surface area contributed by atoms with Gasteiger partial charge in [-0.2, -0.15) is 0 Å². The maximum Gasteiger partial charge on any atom is 0.332 e. The maximum atomic E-state index is 11.3. The predicted octanol–water partition coefficient (Wildman–Crippen LogP) is -1.08. The first-order valence-corrected chi connectivity index (χ1v) is 4.80. The van der Waals surface area contributed by atoms with E-state index in [1.54, 1.807) is 13.8 Å². The third kappa shape index (κ3) is 5.34. The zero-order chi connectivity index (χ0) is 12.0. The Morgan fingerprint density at radius 2 is 1.93 bits per heavy atom. The van der Waals surface area contributed by atoms with E-state index in [1.807, 2.05) is 0 Å². The monoisotopic (exact) mass is 218 g/mol. The van der Waals surface area contributed by atoms with Crippen molar-refractivity contribution in [3.05, 3.63) is 0 Å². The first-order valence-electron chi connectivity index (χ1n) is 4.80. The van der Waals surface area contributed by atoms with Gasteiger partial charge >= 0.3 is 5.97 Å². The molecule has 0 aromatic heterocycles. The molecule has 5 N–H and O–H groups in total.